The second-order valence-electron chi connectivity index (χ2n) is 14.9. The van der Waals surface area contributed by atoms with Gasteiger partial charge in [0.1, 0.15) is 0 Å². The van der Waals surface area contributed by atoms with Gasteiger partial charge in [-0.3, -0.25) is 0 Å². The van der Waals surface area contributed by atoms with Crippen LogP contribution in [-0.4, -0.2) is 4.57 Å². The molecule has 0 amide bonds. The van der Waals surface area contributed by atoms with E-state index in [0.717, 1.165) is 22.7 Å². The molecule has 0 N–H and O–H groups in total. The minimum absolute atomic E-state index is 0.471. The zero-order valence-electron chi connectivity index (χ0n) is 31.3. The molecule has 9 aromatic carbocycles. The van der Waals surface area contributed by atoms with Crippen LogP contribution in [0.15, 0.2) is 231 Å². The predicted octanol–water partition coefficient (Wildman–Crippen LogP) is 14.3. The van der Waals surface area contributed by atoms with Crippen molar-refractivity contribution in [1.82, 2.24) is 4.57 Å². The average Bonchev–Trinajstić information content (AvgIpc) is 3.78. The number of nitrogens with zero attached hydrogens (tertiary/aromatic N) is 2. The maximum atomic E-state index is 2.46. The van der Waals surface area contributed by atoms with Gasteiger partial charge in [0, 0.05) is 33.5 Å². The Morgan fingerprint density at radius 1 is 0.333 bits per heavy atom. The predicted molar refractivity (Wildman–Crippen MR) is 238 cm³/mol. The lowest BCUT2D eigenvalue weighted by Crippen LogP contribution is -2.28. The Balaban J connectivity index is 1.10. The van der Waals surface area contributed by atoms with E-state index in [2.05, 4.69) is 240 Å². The van der Waals surface area contributed by atoms with E-state index in [4.69, 9.17) is 0 Å². The van der Waals surface area contributed by atoms with Crippen LogP contribution in [0.1, 0.15) is 22.3 Å². The third-order valence-corrected chi connectivity index (χ3v) is 11.9. The second-order valence-corrected chi connectivity index (χ2v) is 14.9. The number of hydrogen-bond donors (Lipinski definition) is 0. The van der Waals surface area contributed by atoms with Gasteiger partial charge in [-0.2, -0.15) is 0 Å². The Morgan fingerprint density at radius 2 is 0.842 bits per heavy atom. The van der Waals surface area contributed by atoms with Crippen LogP contribution in [0.2, 0.25) is 0 Å². The Labute approximate surface area is 333 Å². The van der Waals surface area contributed by atoms with Crippen molar-refractivity contribution in [2.75, 3.05) is 4.90 Å². The van der Waals surface area contributed by atoms with Gasteiger partial charge in [-0.05, 0) is 111 Å². The number of benzene rings is 9. The zero-order valence-corrected chi connectivity index (χ0v) is 31.3. The molecule has 0 radical (unpaired) electrons. The summed E-state index contributed by atoms with van der Waals surface area (Å²) in [5, 5.41) is 2.47. The first-order valence-corrected chi connectivity index (χ1v) is 19.7. The van der Waals surface area contributed by atoms with Crippen LogP contribution in [-0.2, 0) is 5.41 Å². The molecule has 57 heavy (non-hydrogen) atoms. The zero-order chi connectivity index (χ0) is 37.8. The van der Waals surface area contributed by atoms with Crippen molar-refractivity contribution in [1.29, 1.82) is 0 Å². The van der Waals surface area contributed by atoms with E-state index in [9.17, 15) is 0 Å². The van der Waals surface area contributed by atoms with Crippen LogP contribution in [0.3, 0.4) is 0 Å². The van der Waals surface area contributed by atoms with Gasteiger partial charge < -0.3 is 9.47 Å². The molecule has 0 saturated carbocycles. The molecule has 0 unspecified atom stereocenters. The molecule has 0 spiro atoms. The largest absolute Gasteiger partial charge is 0.311 e. The summed E-state index contributed by atoms with van der Waals surface area (Å²) in [6.07, 6.45) is 0. The fourth-order valence-electron chi connectivity index (χ4n) is 9.41. The summed E-state index contributed by atoms with van der Waals surface area (Å²) in [5.74, 6) is 0. The van der Waals surface area contributed by atoms with Gasteiger partial charge in [-0.1, -0.05) is 164 Å². The molecule has 10 aromatic rings. The standard InChI is InChI=1S/C55H38N2/c1-5-17-41(18-6-1)55(51-27-15-13-25-47(51)48-26-14-16-28-52(48)55)42-32-35-49-50-37-40(31-36-53(50)57(54(49)38-42)45-23-11-4-12-24-45)39-29-33-46(34-30-39)56(43-19-7-2-8-20-43)44-21-9-3-10-22-44/h1-38H. The number of hydrogen-bond acceptors (Lipinski definition) is 1. The lowest BCUT2D eigenvalue weighted by Gasteiger charge is -2.34. The maximum Gasteiger partial charge on any atom is 0.0714 e. The quantitative estimate of drug-likeness (QED) is 0.159. The van der Waals surface area contributed by atoms with Crippen molar-refractivity contribution in [2.45, 2.75) is 5.41 Å². The van der Waals surface area contributed by atoms with E-state index in [1.165, 1.54) is 66.3 Å². The molecular weight excluding hydrogens is 689 g/mol. The highest BCUT2D eigenvalue weighted by atomic mass is 15.1. The molecule has 11 rings (SSSR count). The van der Waals surface area contributed by atoms with E-state index in [1.54, 1.807) is 0 Å². The number of fused-ring (bicyclic) bond motifs is 6. The van der Waals surface area contributed by atoms with Crippen LogP contribution in [0.5, 0.6) is 0 Å². The highest BCUT2D eigenvalue weighted by Crippen LogP contribution is 2.56. The monoisotopic (exact) mass is 726 g/mol. The molecule has 0 bridgehead atoms. The van der Waals surface area contributed by atoms with Crippen molar-refractivity contribution in [3.05, 3.63) is 253 Å². The number of aromatic nitrogens is 1. The number of rotatable bonds is 7. The van der Waals surface area contributed by atoms with E-state index in [1.807, 2.05) is 0 Å². The molecule has 1 heterocycles. The summed E-state index contributed by atoms with van der Waals surface area (Å²) >= 11 is 0. The van der Waals surface area contributed by atoms with Crippen LogP contribution in [0, 0.1) is 0 Å². The Kier molecular flexibility index (Phi) is 7.75. The highest BCUT2D eigenvalue weighted by molar-refractivity contribution is 6.11. The van der Waals surface area contributed by atoms with E-state index >= 15 is 0 Å². The normalized spacial score (nSPS) is 12.7. The summed E-state index contributed by atoms with van der Waals surface area (Å²) in [6, 6.07) is 84.1. The Morgan fingerprint density at radius 3 is 1.46 bits per heavy atom. The van der Waals surface area contributed by atoms with Crippen LogP contribution in [0.4, 0.5) is 17.1 Å². The number of para-hydroxylation sites is 3. The van der Waals surface area contributed by atoms with Crippen molar-refractivity contribution < 1.29 is 0 Å². The van der Waals surface area contributed by atoms with Crippen molar-refractivity contribution in [3.8, 4) is 27.9 Å². The lowest BCUT2D eigenvalue weighted by atomic mass is 9.67. The molecule has 0 fully saturated rings. The smallest absolute Gasteiger partial charge is 0.0714 e. The van der Waals surface area contributed by atoms with E-state index in [-0.39, 0.29) is 0 Å². The van der Waals surface area contributed by atoms with Crippen molar-refractivity contribution in [2.24, 2.45) is 0 Å². The molecule has 268 valence electrons. The fourth-order valence-corrected chi connectivity index (χ4v) is 9.41. The Bertz CT molecular complexity index is 2950. The lowest BCUT2D eigenvalue weighted by molar-refractivity contribution is 0.769. The second kappa shape index (κ2) is 13.4. The third-order valence-electron chi connectivity index (χ3n) is 11.9. The van der Waals surface area contributed by atoms with Crippen LogP contribution in [0.25, 0.3) is 49.7 Å². The minimum Gasteiger partial charge on any atom is -0.311 e. The van der Waals surface area contributed by atoms with Gasteiger partial charge in [-0.25, -0.2) is 0 Å². The summed E-state index contributed by atoms with van der Waals surface area (Å²) < 4.78 is 2.45. The van der Waals surface area contributed by atoms with Crippen molar-refractivity contribution >= 4 is 38.9 Å². The average molecular weight is 727 g/mol. The van der Waals surface area contributed by atoms with Gasteiger partial charge in [0.25, 0.3) is 0 Å². The van der Waals surface area contributed by atoms with Crippen LogP contribution >= 0.6 is 0 Å². The molecule has 2 heteroatoms. The topological polar surface area (TPSA) is 8.17 Å². The molecule has 2 nitrogen and oxygen atoms in total. The van der Waals surface area contributed by atoms with Gasteiger partial charge in [0.2, 0.25) is 0 Å². The highest BCUT2D eigenvalue weighted by Gasteiger charge is 2.46. The summed E-state index contributed by atoms with van der Waals surface area (Å²) in [4.78, 5) is 2.31. The van der Waals surface area contributed by atoms with Gasteiger partial charge in [0.15, 0.2) is 0 Å². The molecule has 0 aliphatic heterocycles. The third kappa shape index (κ3) is 5.18. The van der Waals surface area contributed by atoms with E-state index in [0.29, 0.717) is 0 Å². The summed E-state index contributed by atoms with van der Waals surface area (Å²) in [7, 11) is 0. The van der Waals surface area contributed by atoms with E-state index < -0.39 is 5.41 Å². The Hall–Kier alpha value is -7.42. The molecule has 1 aliphatic carbocycles. The van der Waals surface area contributed by atoms with Crippen LogP contribution < -0.4 is 4.90 Å². The molecular formula is C55H38N2. The molecule has 1 aliphatic rings. The first-order chi connectivity index (χ1) is 28.3. The summed E-state index contributed by atoms with van der Waals surface area (Å²) in [5.41, 5.74) is 16.6. The molecule has 1 aromatic heterocycles. The number of anilines is 3. The first kappa shape index (κ1) is 33.0. The fraction of sp³-hybridized carbons (Fsp3) is 0.0182. The molecule has 0 atom stereocenters. The van der Waals surface area contributed by atoms with Crippen molar-refractivity contribution in [3.63, 3.8) is 0 Å². The first-order valence-electron chi connectivity index (χ1n) is 19.7. The van der Waals surface area contributed by atoms with Gasteiger partial charge >= 0.3 is 0 Å². The SMILES string of the molecule is c1ccc(N(c2ccccc2)c2ccc(-c3ccc4c(c3)c3ccc(C5(c6ccccc6)c6ccccc6-c6ccccc65)cc3n4-c3ccccc3)cc2)cc1. The van der Waals surface area contributed by atoms with Gasteiger partial charge in [-0.15, -0.1) is 0 Å². The minimum atomic E-state index is -0.471. The summed E-state index contributed by atoms with van der Waals surface area (Å²) in [6.45, 7) is 0. The molecule has 0 saturated heterocycles. The maximum absolute atomic E-state index is 2.46. The van der Waals surface area contributed by atoms with Gasteiger partial charge in [0.05, 0.1) is 16.4 Å².